The third-order valence-corrected chi connectivity index (χ3v) is 4.23. The Hall–Kier alpha value is -1.58. The Morgan fingerprint density at radius 1 is 1.30 bits per heavy atom. The molecular formula is C16H25N3O. The Morgan fingerprint density at radius 2 is 2.00 bits per heavy atom. The number of nitrogens with zero attached hydrogens (tertiary/aromatic N) is 1. The number of aromatic nitrogens is 1. The summed E-state index contributed by atoms with van der Waals surface area (Å²) in [6.45, 7) is 4.16. The third kappa shape index (κ3) is 3.71. The minimum atomic E-state index is 0.0203. The molecule has 0 spiro atoms. The van der Waals surface area contributed by atoms with Crippen LogP contribution in [0.4, 0.5) is 5.82 Å². The van der Waals surface area contributed by atoms with E-state index in [-0.39, 0.29) is 5.91 Å². The van der Waals surface area contributed by atoms with Crippen LogP contribution in [0.15, 0.2) is 12.1 Å². The van der Waals surface area contributed by atoms with Gasteiger partial charge in [0.25, 0.3) is 5.91 Å². The first-order valence-electron chi connectivity index (χ1n) is 7.59. The van der Waals surface area contributed by atoms with Gasteiger partial charge < -0.3 is 10.6 Å². The van der Waals surface area contributed by atoms with Crippen molar-refractivity contribution in [1.82, 2.24) is 10.3 Å². The summed E-state index contributed by atoms with van der Waals surface area (Å²) in [4.78, 5) is 16.6. The molecule has 2 rings (SSSR count). The van der Waals surface area contributed by atoms with Crippen LogP contribution in [0.2, 0.25) is 0 Å². The molecule has 1 fully saturated rings. The zero-order valence-corrected chi connectivity index (χ0v) is 12.7. The molecule has 0 atom stereocenters. The lowest BCUT2D eigenvalue weighted by Gasteiger charge is -2.28. The number of hydrogen-bond donors (Lipinski definition) is 2. The molecule has 20 heavy (non-hydrogen) atoms. The predicted molar refractivity (Wildman–Crippen MR) is 82.0 cm³/mol. The number of aryl methyl sites for hydroxylation is 1. The molecule has 1 saturated carbocycles. The summed E-state index contributed by atoms with van der Waals surface area (Å²) in [6.07, 6.45) is 5.94. The van der Waals surface area contributed by atoms with Gasteiger partial charge >= 0.3 is 0 Å². The summed E-state index contributed by atoms with van der Waals surface area (Å²) in [5, 5.41) is 6.15. The van der Waals surface area contributed by atoms with Crippen LogP contribution < -0.4 is 10.6 Å². The molecule has 4 nitrogen and oxygen atoms in total. The largest absolute Gasteiger partial charge is 0.373 e. The van der Waals surface area contributed by atoms with Gasteiger partial charge in [-0.1, -0.05) is 13.3 Å². The van der Waals surface area contributed by atoms with E-state index in [0.717, 1.165) is 30.3 Å². The van der Waals surface area contributed by atoms with Crippen molar-refractivity contribution in [1.29, 1.82) is 0 Å². The first-order chi connectivity index (χ1) is 9.62. The summed E-state index contributed by atoms with van der Waals surface area (Å²) >= 11 is 0. The van der Waals surface area contributed by atoms with E-state index in [9.17, 15) is 4.79 Å². The van der Waals surface area contributed by atoms with E-state index in [1.807, 2.05) is 20.0 Å². The maximum Gasteiger partial charge on any atom is 0.251 e. The van der Waals surface area contributed by atoms with E-state index in [0.29, 0.717) is 11.6 Å². The van der Waals surface area contributed by atoms with Gasteiger partial charge in [-0.15, -0.1) is 0 Å². The normalized spacial score (nSPS) is 22.4. The number of nitrogens with one attached hydrogen (secondary N) is 2. The third-order valence-electron chi connectivity index (χ3n) is 4.23. The molecule has 1 aromatic rings. The molecule has 110 valence electrons. The summed E-state index contributed by atoms with van der Waals surface area (Å²) < 4.78 is 0. The monoisotopic (exact) mass is 275 g/mol. The fourth-order valence-electron chi connectivity index (χ4n) is 2.91. The minimum Gasteiger partial charge on any atom is -0.373 e. The van der Waals surface area contributed by atoms with Crippen LogP contribution in [0.1, 0.15) is 55.1 Å². The molecule has 4 heteroatoms. The Morgan fingerprint density at radius 3 is 2.60 bits per heavy atom. The number of rotatable bonds is 4. The molecule has 0 bridgehead atoms. The summed E-state index contributed by atoms with van der Waals surface area (Å²) in [5.74, 6) is 1.61. The zero-order valence-electron chi connectivity index (χ0n) is 12.7. The Balaban J connectivity index is 1.97. The molecule has 0 aliphatic heterocycles. The van der Waals surface area contributed by atoms with Gasteiger partial charge in [-0.25, -0.2) is 4.98 Å². The lowest BCUT2D eigenvalue weighted by Crippen LogP contribution is -2.37. The van der Waals surface area contributed by atoms with E-state index in [2.05, 4.69) is 22.5 Å². The number of anilines is 1. The molecular weight excluding hydrogens is 250 g/mol. The maximum absolute atomic E-state index is 12.3. The minimum absolute atomic E-state index is 0.0203. The lowest BCUT2D eigenvalue weighted by atomic mass is 9.84. The molecule has 1 amide bonds. The maximum atomic E-state index is 12.3. The zero-order chi connectivity index (χ0) is 14.5. The highest BCUT2D eigenvalue weighted by atomic mass is 16.1. The van der Waals surface area contributed by atoms with E-state index < -0.39 is 0 Å². The molecule has 1 aliphatic rings. The fourth-order valence-corrected chi connectivity index (χ4v) is 2.91. The Labute approximate surface area is 121 Å². The van der Waals surface area contributed by atoms with Crippen LogP contribution in [-0.2, 0) is 0 Å². The van der Waals surface area contributed by atoms with Crippen molar-refractivity contribution in [3.8, 4) is 0 Å². The number of amides is 1. The number of hydrogen-bond acceptors (Lipinski definition) is 3. The van der Waals surface area contributed by atoms with Crippen molar-refractivity contribution in [3.63, 3.8) is 0 Å². The molecule has 1 aliphatic carbocycles. The first kappa shape index (κ1) is 14.8. The van der Waals surface area contributed by atoms with Gasteiger partial charge in [0, 0.05) is 24.3 Å². The van der Waals surface area contributed by atoms with Crippen LogP contribution in [0.25, 0.3) is 0 Å². The van der Waals surface area contributed by atoms with Crippen LogP contribution in [0, 0.1) is 12.8 Å². The van der Waals surface area contributed by atoms with Gasteiger partial charge in [-0.3, -0.25) is 4.79 Å². The van der Waals surface area contributed by atoms with Crippen LogP contribution in [0.3, 0.4) is 0 Å². The van der Waals surface area contributed by atoms with Crippen molar-refractivity contribution in [2.75, 3.05) is 12.4 Å². The van der Waals surface area contributed by atoms with Crippen molar-refractivity contribution in [3.05, 3.63) is 23.4 Å². The number of carbonyl (C=O) groups is 1. The highest BCUT2D eigenvalue weighted by Gasteiger charge is 2.21. The smallest absolute Gasteiger partial charge is 0.251 e. The first-order valence-corrected chi connectivity index (χ1v) is 7.59. The standard InChI is InChI=1S/C16H25N3O/c1-4-12-5-7-14(8-6-12)19-16(20)13-9-11(2)18-15(10-13)17-3/h9-10,12,14H,4-8H2,1-3H3,(H,17,18)(H,19,20). The lowest BCUT2D eigenvalue weighted by molar-refractivity contribution is 0.0921. The van der Waals surface area contributed by atoms with E-state index in [1.165, 1.54) is 19.3 Å². The fraction of sp³-hybridized carbons (Fsp3) is 0.625. The van der Waals surface area contributed by atoms with E-state index in [4.69, 9.17) is 0 Å². The average Bonchev–Trinajstić information content (AvgIpc) is 2.47. The Bertz CT molecular complexity index is 465. The van der Waals surface area contributed by atoms with Crippen molar-refractivity contribution in [2.24, 2.45) is 5.92 Å². The van der Waals surface area contributed by atoms with Gasteiger partial charge in [-0.2, -0.15) is 0 Å². The Kier molecular flexibility index (Phi) is 4.99. The SMILES string of the molecule is CCC1CCC(NC(=O)c2cc(C)nc(NC)c2)CC1. The van der Waals surface area contributed by atoms with Gasteiger partial charge in [0.15, 0.2) is 0 Å². The molecule has 0 radical (unpaired) electrons. The second-order valence-corrected chi connectivity index (χ2v) is 5.73. The highest BCUT2D eigenvalue weighted by molar-refractivity contribution is 5.95. The molecule has 0 unspecified atom stereocenters. The van der Waals surface area contributed by atoms with Crippen LogP contribution in [-0.4, -0.2) is 24.0 Å². The van der Waals surface area contributed by atoms with Crippen molar-refractivity contribution < 1.29 is 4.79 Å². The summed E-state index contributed by atoms with van der Waals surface area (Å²) in [7, 11) is 1.81. The number of carbonyl (C=O) groups excluding carboxylic acids is 1. The van der Waals surface area contributed by atoms with E-state index >= 15 is 0 Å². The molecule has 1 aromatic heterocycles. The number of pyridine rings is 1. The van der Waals surface area contributed by atoms with Crippen LogP contribution in [0.5, 0.6) is 0 Å². The van der Waals surface area contributed by atoms with E-state index in [1.54, 1.807) is 6.07 Å². The second-order valence-electron chi connectivity index (χ2n) is 5.73. The molecule has 0 saturated heterocycles. The predicted octanol–water partition coefficient (Wildman–Crippen LogP) is 3.13. The quantitative estimate of drug-likeness (QED) is 0.887. The van der Waals surface area contributed by atoms with Crippen molar-refractivity contribution in [2.45, 2.75) is 52.0 Å². The van der Waals surface area contributed by atoms with Crippen molar-refractivity contribution >= 4 is 11.7 Å². The van der Waals surface area contributed by atoms with Gasteiger partial charge in [0.1, 0.15) is 5.82 Å². The van der Waals surface area contributed by atoms with Crippen LogP contribution >= 0.6 is 0 Å². The second kappa shape index (κ2) is 6.73. The average molecular weight is 275 g/mol. The van der Waals surface area contributed by atoms with Gasteiger partial charge in [0.05, 0.1) is 0 Å². The molecule has 1 heterocycles. The highest BCUT2D eigenvalue weighted by Crippen LogP contribution is 2.26. The summed E-state index contributed by atoms with van der Waals surface area (Å²) in [5.41, 5.74) is 1.55. The van der Waals surface area contributed by atoms with Gasteiger partial charge in [0.2, 0.25) is 0 Å². The summed E-state index contributed by atoms with van der Waals surface area (Å²) in [6, 6.07) is 3.98. The topological polar surface area (TPSA) is 54.0 Å². The molecule has 0 aromatic carbocycles. The van der Waals surface area contributed by atoms with Gasteiger partial charge in [-0.05, 0) is 50.7 Å². The molecule has 2 N–H and O–H groups in total.